The van der Waals surface area contributed by atoms with Gasteiger partial charge in [0.05, 0.1) is 9.40 Å². The summed E-state index contributed by atoms with van der Waals surface area (Å²) in [5.74, 6) is 0. The molecule has 0 heterocycles. The number of nitro groups is 1. The number of nitrogens with zero attached hydrogens (tertiary/aromatic N) is 1. The molecule has 0 spiro atoms. The van der Waals surface area contributed by atoms with Crippen molar-refractivity contribution in [3.63, 3.8) is 0 Å². The third kappa shape index (κ3) is 3.81. The summed E-state index contributed by atoms with van der Waals surface area (Å²) in [7, 11) is 0. The van der Waals surface area contributed by atoms with Crippen LogP contribution in [0.15, 0.2) is 46.9 Å². The molecule has 1 atom stereocenters. The van der Waals surface area contributed by atoms with E-state index in [1.807, 2.05) is 37.3 Å². The molecule has 0 radical (unpaired) electrons. The Kier molecular flexibility index (Phi) is 5.33. The molecule has 4 nitrogen and oxygen atoms in total. The molecule has 0 unspecified atom stereocenters. The van der Waals surface area contributed by atoms with Gasteiger partial charge < -0.3 is 5.32 Å². The van der Waals surface area contributed by atoms with Crippen LogP contribution in [0.1, 0.15) is 24.1 Å². The standard InChI is InChI=1S/C15H14BrClN2O2/c1-10(12-6-2-3-7-13(12)17)18-9-11-5-4-8-14(15(11)16)19(20)21/h2-8,10,18H,9H2,1H3/t10-/m1/s1. The van der Waals surface area contributed by atoms with E-state index in [0.717, 1.165) is 11.1 Å². The van der Waals surface area contributed by atoms with Crippen LogP contribution < -0.4 is 5.32 Å². The molecule has 6 heteroatoms. The van der Waals surface area contributed by atoms with Crippen molar-refractivity contribution in [2.45, 2.75) is 19.5 Å². The number of nitro benzene ring substituents is 1. The molecule has 110 valence electrons. The Morgan fingerprint density at radius 2 is 2.00 bits per heavy atom. The number of hydrogen-bond acceptors (Lipinski definition) is 3. The minimum absolute atomic E-state index is 0.0462. The van der Waals surface area contributed by atoms with E-state index < -0.39 is 4.92 Å². The molecule has 0 amide bonds. The fourth-order valence-corrected chi connectivity index (χ4v) is 2.89. The van der Waals surface area contributed by atoms with Crippen LogP contribution in [0.2, 0.25) is 5.02 Å². The minimum Gasteiger partial charge on any atom is -0.306 e. The monoisotopic (exact) mass is 368 g/mol. The number of hydrogen-bond donors (Lipinski definition) is 1. The predicted octanol–water partition coefficient (Wildman–Crippen LogP) is 4.86. The normalized spacial score (nSPS) is 12.1. The molecular formula is C15H14BrClN2O2. The Hall–Kier alpha value is -1.43. The second-order valence-electron chi connectivity index (χ2n) is 4.63. The second-order valence-corrected chi connectivity index (χ2v) is 5.83. The summed E-state index contributed by atoms with van der Waals surface area (Å²) in [5, 5.41) is 14.9. The van der Waals surface area contributed by atoms with Crippen molar-refractivity contribution in [3.8, 4) is 0 Å². The molecule has 0 aliphatic carbocycles. The molecule has 0 aromatic heterocycles. The molecule has 2 aromatic carbocycles. The summed E-state index contributed by atoms with van der Waals surface area (Å²) in [6, 6.07) is 12.7. The summed E-state index contributed by atoms with van der Waals surface area (Å²) in [5.41, 5.74) is 1.91. The Balaban J connectivity index is 2.12. The predicted molar refractivity (Wildman–Crippen MR) is 87.5 cm³/mol. The lowest BCUT2D eigenvalue weighted by atomic mass is 10.1. The highest BCUT2D eigenvalue weighted by Gasteiger charge is 2.15. The van der Waals surface area contributed by atoms with E-state index >= 15 is 0 Å². The minimum atomic E-state index is -0.398. The van der Waals surface area contributed by atoms with E-state index in [-0.39, 0.29) is 11.7 Å². The van der Waals surface area contributed by atoms with Gasteiger partial charge in [-0.25, -0.2) is 0 Å². The molecule has 2 aromatic rings. The first-order valence-corrected chi connectivity index (χ1v) is 7.57. The van der Waals surface area contributed by atoms with E-state index in [4.69, 9.17) is 11.6 Å². The van der Waals surface area contributed by atoms with Crippen LogP contribution >= 0.6 is 27.5 Å². The largest absolute Gasteiger partial charge is 0.306 e. The van der Waals surface area contributed by atoms with Crippen LogP contribution in [0, 0.1) is 10.1 Å². The third-order valence-electron chi connectivity index (χ3n) is 3.23. The maximum Gasteiger partial charge on any atom is 0.283 e. The van der Waals surface area contributed by atoms with Crippen LogP contribution in [0.5, 0.6) is 0 Å². The first-order chi connectivity index (χ1) is 10.0. The van der Waals surface area contributed by atoms with Gasteiger partial charge in [0.15, 0.2) is 0 Å². The van der Waals surface area contributed by atoms with Gasteiger partial charge in [-0.05, 0) is 40.0 Å². The van der Waals surface area contributed by atoms with E-state index in [1.165, 1.54) is 6.07 Å². The average Bonchev–Trinajstić information content (AvgIpc) is 2.46. The van der Waals surface area contributed by atoms with Crippen LogP contribution in [0.4, 0.5) is 5.69 Å². The zero-order chi connectivity index (χ0) is 15.4. The second kappa shape index (κ2) is 7.02. The summed E-state index contributed by atoms with van der Waals surface area (Å²) in [6.45, 7) is 2.52. The molecule has 0 aliphatic rings. The summed E-state index contributed by atoms with van der Waals surface area (Å²) in [6.07, 6.45) is 0. The summed E-state index contributed by atoms with van der Waals surface area (Å²) in [4.78, 5) is 10.5. The number of rotatable bonds is 5. The quantitative estimate of drug-likeness (QED) is 0.605. The molecule has 0 bridgehead atoms. The van der Waals surface area contributed by atoms with Crippen molar-refractivity contribution < 1.29 is 4.92 Å². The molecule has 0 fully saturated rings. The fraction of sp³-hybridized carbons (Fsp3) is 0.200. The lowest BCUT2D eigenvalue weighted by Gasteiger charge is -2.16. The Morgan fingerprint density at radius 1 is 1.29 bits per heavy atom. The van der Waals surface area contributed by atoms with Crippen molar-refractivity contribution >= 4 is 33.2 Å². The first-order valence-electron chi connectivity index (χ1n) is 6.40. The van der Waals surface area contributed by atoms with Crippen LogP contribution in [0.3, 0.4) is 0 Å². The van der Waals surface area contributed by atoms with Crippen molar-refractivity contribution in [3.05, 3.63) is 73.2 Å². The molecule has 21 heavy (non-hydrogen) atoms. The van der Waals surface area contributed by atoms with Gasteiger partial charge in [-0.15, -0.1) is 0 Å². The molecule has 0 saturated heterocycles. The highest BCUT2D eigenvalue weighted by molar-refractivity contribution is 9.10. The van der Waals surface area contributed by atoms with Crippen molar-refractivity contribution in [2.24, 2.45) is 0 Å². The van der Waals surface area contributed by atoms with Gasteiger partial charge in [0.1, 0.15) is 0 Å². The molecule has 0 saturated carbocycles. The van der Waals surface area contributed by atoms with Gasteiger partial charge in [-0.2, -0.15) is 0 Å². The highest BCUT2D eigenvalue weighted by atomic mass is 79.9. The molecule has 1 N–H and O–H groups in total. The number of nitrogens with one attached hydrogen (secondary N) is 1. The molecule has 2 rings (SSSR count). The Bertz CT molecular complexity index is 664. The van der Waals surface area contributed by atoms with E-state index in [1.54, 1.807) is 6.07 Å². The van der Waals surface area contributed by atoms with E-state index in [2.05, 4.69) is 21.2 Å². The van der Waals surface area contributed by atoms with Crippen LogP contribution in [-0.4, -0.2) is 4.92 Å². The van der Waals surface area contributed by atoms with Crippen molar-refractivity contribution in [2.75, 3.05) is 0 Å². The average molecular weight is 370 g/mol. The van der Waals surface area contributed by atoms with Crippen LogP contribution in [0.25, 0.3) is 0 Å². The maximum atomic E-state index is 10.9. The van der Waals surface area contributed by atoms with E-state index in [0.29, 0.717) is 16.0 Å². The van der Waals surface area contributed by atoms with Gasteiger partial charge in [-0.3, -0.25) is 10.1 Å². The SMILES string of the molecule is C[C@@H](NCc1cccc([N+](=O)[O-])c1Br)c1ccccc1Cl. The Labute approximate surface area is 136 Å². The lowest BCUT2D eigenvalue weighted by molar-refractivity contribution is -0.385. The number of benzene rings is 2. The zero-order valence-corrected chi connectivity index (χ0v) is 13.7. The summed E-state index contributed by atoms with van der Waals surface area (Å²) >= 11 is 9.46. The molecular weight excluding hydrogens is 356 g/mol. The molecule has 0 aliphatic heterocycles. The van der Waals surface area contributed by atoms with Crippen molar-refractivity contribution in [1.82, 2.24) is 5.32 Å². The summed E-state index contributed by atoms with van der Waals surface area (Å²) < 4.78 is 0.508. The Morgan fingerprint density at radius 3 is 2.67 bits per heavy atom. The van der Waals surface area contributed by atoms with Crippen LogP contribution in [-0.2, 0) is 6.54 Å². The fourth-order valence-electron chi connectivity index (χ4n) is 2.04. The van der Waals surface area contributed by atoms with Gasteiger partial charge in [0, 0.05) is 23.7 Å². The van der Waals surface area contributed by atoms with Gasteiger partial charge >= 0.3 is 0 Å². The first kappa shape index (κ1) is 15.9. The van der Waals surface area contributed by atoms with Gasteiger partial charge in [0.2, 0.25) is 0 Å². The third-order valence-corrected chi connectivity index (χ3v) is 4.49. The lowest BCUT2D eigenvalue weighted by Crippen LogP contribution is -2.18. The highest BCUT2D eigenvalue weighted by Crippen LogP contribution is 2.29. The topological polar surface area (TPSA) is 55.2 Å². The smallest absolute Gasteiger partial charge is 0.283 e. The maximum absolute atomic E-state index is 10.9. The van der Waals surface area contributed by atoms with Crippen molar-refractivity contribution in [1.29, 1.82) is 0 Å². The van der Waals surface area contributed by atoms with E-state index in [9.17, 15) is 10.1 Å². The number of halogens is 2. The van der Waals surface area contributed by atoms with Gasteiger partial charge in [-0.1, -0.05) is 41.9 Å². The zero-order valence-electron chi connectivity index (χ0n) is 11.3. The van der Waals surface area contributed by atoms with Gasteiger partial charge in [0.25, 0.3) is 5.69 Å².